The van der Waals surface area contributed by atoms with Crippen LogP contribution in [0.2, 0.25) is 0 Å². The normalized spacial score (nSPS) is 19.4. The highest BCUT2D eigenvalue weighted by Crippen LogP contribution is 2.35. The Bertz CT molecular complexity index is 1050. The molecule has 1 unspecified atom stereocenters. The van der Waals surface area contributed by atoms with Gasteiger partial charge in [0.25, 0.3) is 5.91 Å². The van der Waals surface area contributed by atoms with Crippen LogP contribution in [0.25, 0.3) is 0 Å². The van der Waals surface area contributed by atoms with Gasteiger partial charge in [0.1, 0.15) is 0 Å². The molecule has 3 N–H and O–H groups in total. The minimum absolute atomic E-state index is 0.0452. The summed E-state index contributed by atoms with van der Waals surface area (Å²) in [4.78, 5) is 12.6. The van der Waals surface area contributed by atoms with Gasteiger partial charge < -0.3 is 10.1 Å². The molecule has 1 atom stereocenters. The third kappa shape index (κ3) is 4.74. The van der Waals surface area contributed by atoms with Gasteiger partial charge >= 0.3 is 0 Å². The van der Waals surface area contributed by atoms with Crippen molar-refractivity contribution in [2.45, 2.75) is 49.3 Å². The standard InChI is InChI=1S/C18H23N5O4S2/c24-17(19-11-16-21-22-18(28)23(16)13-6-7-13)12-3-1-5-15(9-12)29(25,26)20-10-14-4-2-8-27-14/h1,3,5,9,13-14,20H,2,4,6-8,10-11H2,(H,19,24)(H,22,28). The van der Waals surface area contributed by atoms with Crippen LogP contribution in [0.5, 0.6) is 0 Å². The number of rotatable bonds is 8. The van der Waals surface area contributed by atoms with E-state index in [-0.39, 0.29) is 35.6 Å². The van der Waals surface area contributed by atoms with Crippen molar-refractivity contribution >= 4 is 28.1 Å². The first kappa shape index (κ1) is 20.2. The van der Waals surface area contributed by atoms with Crippen molar-refractivity contribution in [2.75, 3.05) is 13.2 Å². The van der Waals surface area contributed by atoms with E-state index in [2.05, 4.69) is 20.2 Å². The van der Waals surface area contributed by atoms with Crippen molar-refractivity contribution in [1.29, 1.82) is 0 Å². The van der Waals surface area contributed by atoms with E-state index in [0.717, 1.165) is 25.7 Å². The van der Waals surface area contributed by atoms with E-state index in [1.54, 1.807) is 12.1 Å². The summed E-state index contributed by atoms with van der Waals surface area (Å²) in [5.41, 5.74) is 0.261. The molecule has 2 aliphatic rings. The SMILES string of the molecule is O=C(NCc1n[nH]c(=S)n1C1CC1)c1cccc(S(=O)(=O)NCC2CCCO2)c1. The molecule has 1 aliphatic heterocycles. The third-order valence-corrected chi connectivity index (χ3v) is 6.74. The number of hydrogen-bond acceptors (Lipinski definition) is 6. The fourth-order valence-corrected chi connectivity index (χ4v) is 4.74. The largest absolute Gasteiger partial charge is 0.377 e. The number of nitrogens with zero attached hydrogens (tertiary/aromatic N) is 2. The smallest absolute Gasteiger partial charge is 0.251 e. The molecule has 11 heteroatoms. The summed E-state index contributed by atoms with van der Waals surface area (Å²) in [6.45, 7) is 1.09. The summed E-state index contributed by atoms with van der Waals surface area (Å²) in [7, 11) is -3.72. The Morgan fingerprint density at radius 3 is 2.90 bits per heavy atom. The number of benzene rings is 1. The summed E-state index contributed by atoms with van der Waals surface area (Å²) >= 11 is 5.23. The van der Waals surface area contributed by atoms with Gasteiger partial charge in [0.05, 0.1) is 17.5 Å². The van der Waals surface area contributed by atoms with E-state index >= 15 is 0 Å². The van der Waals surface area contributed by atoms with Gasteiger partial charge in [-0.2, -0.15) is 5.10 Å². The molecule has 1 saturated heterocycles. The molecule has 2 aromatic rings. The maximum atomic E-state index is 12.5. The molecule has 1 aromatic carbocycles. The van der Waals surface area contributed by atoms with Crippen LogP contribution in [0.15, 0.2) is 29.2 Å². The van der Waals surface area contributed by atoms with Crippen LogP contribution in [0, 0.1) is 4.77 Å². The van der Waals surface area contributed by atoms with Crippen molar-refractivity contribution < 1.29 is 17.9 Å². The first-order chi connectivity index (χ1) is 13.9. The number of carbonyl (C=O) groups is 1. The molecule has 29 heavy (non-hydrogen) atoms. The molecule has 156 valence electrons. The molecular formula is C18H23N5O4S2. The highest BCUT2D eigenvalue weighted by atomic mass is 32.2. The second-order valence-electron chi connectivity index (χ2n) is 7.24. The van der Waals surface area contributed by atoms with Crippen LogP contribution in [0.4, 0.5) is 0 Å². The van der Waals surface area contributed by atoms with Crippen LogP contribution < -0.4 is 10.0 Å². The predicted octanol–water partition coefficient (Wildman–Crippen LogP) is 1.66. The quantitative estimate of drug-likeness (QED) is 0.541. The Hall–Kier alpha value is -2.08. The van der Waals surface area contributed by atoms with E-state index in [4.69, 9.17) is 17.0 Å². The van der Waals surface area contributed by atoms with E-state index < -0.39 is 10.0 Å². The lowest BCUT2D eigenvalue weighted by Crippen LogP contribution is -2.32. The molecule has 2 heterocycles. The van der Waals surface area contributed by atoms with Gasteiger partial charge in [-0.25, -0.2) is 13.1 Å². The Morgan fingerprint density at radius 1 is 1.34 bits per heavy atom. The van der Waals surface area contributed by atoms with Crippen molar-refractivity contribution in [2.24, 2.45) is 0 Å². The van der Waals surface area contributed by atoms with Crippen LogP contribution in [0.1, 0.15) is 47.9 Å². The minimum atomic E-state index is -3.72. The highest BCUT2D eigenvalue weighted by Gasteiger charge is 2.27. The van der Waals surface area contributed by atoms with Gasteiger partial charge in [-0.15, -0.1) is 0 Å². The maximum Gasteiger partial charge on any atom is 0.251 e. The first-order valence-electron chi connectivity index (χ1n) is 9.59. The van der Waals surface area contributed by atoms with Gasteiger partial charge in [-0.1, -0.05) is 6.07 Å². The predicted molar refractivity (Wildman–Crippen MR) is 107 cm³/mol. The number of amides is 1. The van der Waals surface area contributed by atoms with Crippen LogP contribution in [0.3, 0.4) is 0 Å². The molecule has 1 aromatic heterocycles. The lowest BCUT2D eigenvalue weighted by Gasteiger charge is -2.12. The van der Waals surface area contributed by atoms with Gasteiger partial charge in [-0.05, 0) is 56.1 Å². The lowest BCUT2D eigenvalue weighted by molar-refractivity contribution is 0.0949. The monoisotopic (exact) mass is 437 g/mol. The summed E-state index contributed by atoms with van der Waals surface area (Å²) in [6, 6.07) is 6.30. The topological polar surface area (TPSA) is 118 Å². The Kier molecular flexibility index (Phi) is 5.81. The fourth-order valence-electron chi connectivity index (χ4n) is 3.33. The summed E-state index contributed by atoms with van der Waals surface area (Å²) in [5.74, 6) is 0.283. The molecular weight excluding hydrogens is 414 g/mol. The number of aromatic amines is 1. The second kappa shape index (κ2) is 8.34. The first-order valence-corrected chi connectivity index (χ1v) is 11.5. The van der Waals surface area contributed by atoms with Gasteiger partial charge in [0.2, 0.25) is 10.0 Å². The number of hydrogen-bond donors (Lipinski definition) is 3. The molecule has 0 bridgehead atoms. The zero-order valence-electron chi connectivity index (χ0n) is 15.8. The Labute approximate surface area is 173 Å². The molecule has 9 nitrogen and oxygen atoms in total. The van der Waals surface area contributed by atoms with Gasteiger partial charge in [0, 0.05) is 24.8 Å². The third-order valence-electron chi connectivity index (χ3n) is 5.03. The average Bonchev–Trinajstić information content (AvgIpc) is 3.27. The van der Waals surface area contributed by atoms with Crippen molar-refractivity contribution in [1.82, 2.24) is 24.8 Å². The summed E-state index contributed by atoms with van der Waals surface area (Å²) < 4.78 is 35.6. The van der Waals surface area contributed by atoms with E-state index in [1.165, 1.54) is 12.1 Å². The van der Waals surface area contributed by atoms with Crippen LogP contribution >= 0.6 is 12.2 Å². The Morgan fingerprint density at radius 2 is 2.17 bits per heavy atom. The zero-order valence-corrected chi connectivity index (χ0v) is 17.4. The van der Waals surface area contributed by atoms with Crippen molar-refractivity contribution in [3.63, 3.8) is 0 Å². The highest BCUT2D eigenvalue weighted by molar-refractivity contribution is 7.89. The summed E-state index contributed by atoms with van der Waals surface area (Å²) in [5, 5.41) is 9.71. The molecule has 0 spiro atoms. The Balaban J connectivity index is 1.41. The number of sulfonamides is 1. The number of aromatic nitrogens is 3. The van der Waals surface area contributed by atoms with E-state index in [9.17, 15) is 13.2 Å². The van der Waals surface area contributed by atoms with Gasteiger partial charge in [0.15, 0.2) is 10.6 Å². The van der Waals surface area contributed by atoms with Crippen LogP contribution in [-0.2, 0) is 21.3 Å². The number of ether oxygens (including phenoxy) is 1. The molecule has 2 fully saturated rings. The van der Waals surface area contributed by atoms with E-state index in [1.807, 2.05) is 4.57 Å². The number of H-pyrrole nitrogens is 1. The van der Waals surface area contributed by atoms with E-state index in [0.29, 0.717) is 23.2 Å². The summed E-state index contributed by atoms with van der Waals surface area (Å²) in [6.07, 6.45) is 3.77. The second-order valence-corrected chi connectivity index (χ2v) is 9.40. The van der Waals surface area contributed by atoms with Gasteiger partial charge in [-0.3, -0.25) is 14.5 Å². The average molecular weight is 438 g/mol. The maximum absolute atomic E-state index is 12.5. The molecule has 1 aliphatic carbocycles. The van der Waals surface area contributed by atoms with Crippen LogP contribution in [-0.4, -0.2) is 48.3 Å². The minimum Gasteiger partial charge on any atom is -0.377 e. The number of nitrogens with one attached hydrogen (secondary N) is 3. The molecule has 1 amide bonds. The molecule has 0 radical (unpaired) electrons. The fraction of sp³-hybridized carbons (Fsp3) is 0.500. The zero-order chi connectivity index (χ0) is 20.4. The van der Waals surface area contributed by atoms with Crippen molar-refractivity contribution in [3.05, 3.63) is 40.4 Å². The lowest BCUT2D eigenvalue weighted by atomic mass is 10.2. The van der Waals surface area contributed by atoms with Crippen molar-refractivity contribution in [3.8, 4) is 0 Å². The number of carbonyl (C=O) groups excluding carboxylic acids is 1. The molecule has 1 saturated carbocycles. The molecule has 4 rings (SSSR count).